The summed E-state index contributed by atoms with van der Waals surface area (Å²) in [7, 11) is -3.03. The van der Waals surface area contributed by atoms with Crippen LogP contribution in [0.25, 0.3) is 0 Å². The fraction of sp³-hybridized carbons (Fsp3) is 1.00. The van der Waals surface area contributed by atoms with Gasteiger partial charge in [-0.1, -0.05) is 0 Å². The van der Waals surface area contributed by atoms with E-state index in [4.69, 9.17) is 0 Å². The van der Waals surface area contributed by atoms with Crippen LogP contribution < -0.4 is 10.0 Å². The molecule has 24 heavy (non-hydrogen) atoms. The second-order valence-electron chi connectivity index (χ2n) is 8.35. The van der Waals surface area contributed by atoms with Crippen molar-refractivity contribution in [2.75, 3.05) is 45.0 Å². The third-order valence-corrected chi connectivity index (χ3v) is 8.10. The highest BCUT2D eigenvalue weighted by molar-refractivity contribution is 7.89. The largest absolute Gasteiger partial charge is 0.316 e. The van der Waals surface area contributed by atoms with E-state index in [1.54, 1.807) is 6.92 Å². The van der Waals surface area contributed by atoms with Crippen molar-refractivity contribution in [3.63, 3.8) is 0 Å². The molecule has 0 aromatic carbocycles. The molecule has 2 aliphatic heterocycles. The van der Waals surface area contributed by atoms with E-state index < -0.39 is 10.0 Å². The van der Waals surface area contributed by atoms with Gasteiger partial charge in [-0.15, -0.1) is 0 Å². The second kappa shape index (κ2) is 8.02. The van der Waals surface area contributed by atoms with Gasteiger partial charge >= 0.3 is 0 Å². The predicted molar refractivity (Wildman–Crippen MR) is 98.5 cm³/mol. The third-order valence-electron chi connectivity index (χ3n) is 6.73. The van der Waals surface area contributed by atoms with E-state index in [1.807, 2.05) is 0 Å². The maximum absolute atomic E-state index is 11.6. The number of hydrogen-bond donors (Lipinski definition) is 2. The number of sulfonamides is 1. The Bertz CT molecular complexity index is 484. The molecule has 1 saturated carbocycles. The van der Waals surface area contributed by atoms with Gasteiger partial charge in [0.1, 0.15) is 0 Å². The van der Waals surface area contributed by atoms with Gasteiger partial charge in [0.25, 0.3) is 0 Å². The third kappa shape index (κ3) is 4.93. The molecule has 2 saturated heterocycles. The maximum atomic E-state index is 11.6. The SMILES string of the molecule is CCS(=O)(=O)NCC1CCC2(CC1)CCN(CC1CCNC1)CC2. The monoisotopic (exact) mass is 357 g/mol. The summed E-state index contributed by atoms with van der Waals surface area (Å²) in [4.78, 5) is 2.68. The van der Waals surface area contributed by atoms with Crippen LogP contribution in [-0.4, -0.2) is 58.3 Å². The maximum Gasteiger partial charge on any atom is 0.211 e. The van der Waals surface area contributed by atoms with Gasteiger partial charge in [0.15, 0.2) is 0 Å². The summed E-state index contributed by atoms with van der Waals surface area (Å²) in [6.07, 6.45) is 9.02. The average Bonchev–Trinajstić information content (AvgIpc) is 3.10. The smallest absolute Gasteiger partial charge is 0.211 e. The van der Waals surface area contributed by atoms with Crippen LogP contribution in [0.3, 0.4) is 0 Å². The van der Waals surface area contributed by atoms with Crippen molar-refractivity contribution in [2.24, 2.45) is 17.3 Å². The highest BCUT2D eigenvalue weighted by atomic mass is 32.2. The van der Waals surface area contributed by atoms with Gasteiger partial charge in [-0.25, -0.2) is 13.1 Å². The molecule has 1 spiro atoms. The van der Waals surface area contributed by atoms with E-state index in [2.05, 4.69) is 14.9 Å². The van der Waals surface area contributed by atoms with Crippen LogP contribution >= 0.6 is 0 Å². The molecule has 3 aliphatic rings. The second-order valence-corrected chi connectivity index (χ2v) is 10.5. The molecule has 1 atom stereocenters. The molecule has 2 N–H and O–H groups in total. The first kappa shape index (κ1) is 18.6. The van der Waals surface area contributed by atoms with E-state index >= 15 is 0 Å². The zero-order chi connectivity index (χ0) is 17.0. The Labute approximate surface area is 148 Å². The standard InChI is InChI=1S/C18H35N3O2S/c1-2-24(22,23)20-14-16-3-6-18(7-4-16)8-11-21(12-9-18)15-17-5-10-19-13-17/h16-17,19-20H,2-15H2,1H3. The van der Waals surface area contributed by atoms with Crippen molar-refractivity contribution >= 4 is 10.0 Å². The first-order valence-electron chi connectivity index (χ1n) is 9.91. The van der Waals surface area contributed by atoms with Gasteiger partial charge in [0.05, 0.1) is 5.75 Å². The highest BCUT2D eigenvalue weighted by Gasteiger charge is 2.38. The Kier molecular flexibility index (Phi) is 6.22. The zero-order valence-electron chi connectivity index (χ0n) is 15.2. The molecule has 3 fully saturated rings. The Balaban J connectivity index is 1.38. The lowest BCUT2D eigenvalue weighted by atomic mass is 9.65. The lowest BCUT2D eigenvalue weighted by Gasteiger charge is -2.46. The zero-order valence-corrected chi connectivity index (χ0v) is 16.0. The molecule has 0 amide bonds. The van der Waals surface area contributed by atoms with Gasteiger partial charge in [-0.3, -0.25) is 0 Å². The fourth-order valence-electron chi connectivity index (χ4n) is 4.79. The number of rotatable bonds is 6. The van der Waals surface area contributed by atoms with Crippen molar-refractivity contribution in [1.82, 2.24) is 14.9 Å². The summed E-state index contributed by atoms with van der Waals surface area (Å²) in [5, 5.41) is 3.47. The number of hydrogen-bond acceptors (Lipinski definition) is 4. The van der Waals surface area contributed by atoms with Gasteiger partial charge in [-0.05, 0) is 95.3 Å². The van der Waals surface area contributed by atoms with Crippen molar-refractivity contribution < 1.29 is 8.42 Å². The molecular weight excluding hydrogens is 322 g/mol. The molecule has 2 heterocycles. The Hall–Kier alpha value is -0.170. The first-order chi connectivity index (χ1) is 11.5. The lowest BCUT2D eigenvalue weighted by Crippen LogP contribution is -2.44. The van der Waals surface area contributed by atoms with Crippen molar-refractivity contribution in [3.05, 3.63) is 0 Å². The van der Waals surface area contributed by atoms with Crippen LogP contribution in [0, 0.1) is 17.3 Å². The van der Waals surface area contributed by atoms with E-state index in [0.29, 0.717) is 17.9 Å². The van der Waals surface area contributed by atoms with Crippen molar-refractivity contribution in [2.45, 2.75) is 51.9 Å². The van der Waals surface area contributed by atoms with Gasteiger partial charge in [-0.2, -0.15) is 0 Å². The number of piperidine rings is 1. The normalized spacial score (nSPS) is 29.3. The van der Waals surface area contributed by atoms with Crippen LogP contribution in [0.2, 0.25) is 0 Å². The molecule has 0 aromatic heterocycles. The topological polar surface area (TPSA) is 61.4 Å². The molecule has 0 bridgehead atoms. The van der Waals surface area contributed by atoms with E-state index in [-0.39, 0.29) is 5.75 Å². The van der Waals surface area contributed by atoms with Gasteiger partial charge < -0.3 is 10.2 Å². The average molecular weight is 358 g/mol. The fourth-order valence-corrected chi connectivity index (χ4v) is 5.48. The van der Waals surface area contributed by atoms with Crippen molar-refractivity contribution in [1.29, 1.82) is 0 Å². The van der Waals surface area contributed by atoms with Crippen molar-refractivity contribution in [3.8, 4) is 0 Å². The Morgan fingerprint density at radius 1 is 1.08 bits per heavy atom. The van der Waals surface area contributed by atoms with Gasteiger partial charge in [0, 0.05) is 13.1 Å². The molecule has 5 nitrogen and oxygen atoms in total. The van der Waals surface area contributed by atoms with Crippen LogP contribution in [0.5, 0.6) is 0 Å². The molecule has 140 valence electrons. The highest BCUT2D eigenvalue weighted by Crippen LogP contribution is 2.46. The molecule has 6 heteroatoms. The number of nitrogens with one attached hydrogen (secondary N) is 2. The van der Waals surface area contributed by atoms with E-state index in [1.165, 1.54) is 77.7 Å². The molecule has 0 radical (unpaired) electrons. The minimum Gasteiger partial charge on any atom is -0.316 e. The number of likely N-dealkylation sites (tertiary alicyclic amines) is 1. The molecular formula is C18H35N3O2S. The summed E-state index contributed by atoms with van der Waals surface area (Å²) in [6, 6.07) is 0. The van der Waals surface area contributed by atoms with E-state index in [9.17, 15) is 8.42 Å². The van der Waals surface area contributed by atoms with Crippen LogP contribution in [0.4, 0.5) is 0 Å². The summed E-state index contributed by atoms with van der Waals surface area (Å²) in [6.45, 7) is 8.57. The minimum absolute atomic E-state index is 0.190. The summed E-state index contributed by atoms with van der Waals surface area (Å²) < 4.78 is 26.0. The lowest BCUT2D eigenvalue weighted by molar-refractivity contribution is 0.0474. The number of nitrogens with zero attached hydrogens (tertiary/aromatic N) is 1. The van der Waals surface area contributed by atoms with Gasteiger partial charge in [0.2, 0.25) is 10.0 Å². The van der Waals surface area contributed by atoms with Crippen LogP contribution in [0.15, 0.2) is 0 Å². The molecule has 1 unspecified atom stereocenters. The Morgan fingerprint density at radius 3 is 2.38 bits per heavy atom. The minimum atomic E-state index is -3.03. The quantitative estimate of drug-likeness (QED) is 0.761. The first-order valence-corrected chi connectivity index (χ1v) is 11.6. The Morgan fingerprint density at radius 2 is 1.79 bits per heavy atom. The molecule has 3 rings (SSSR count). The van der Waals surface area contributed by atoms with E-state index in [0.717, 1.165) is 5.92 Å². The predicted octanol–water partition coefficient (Wildman–Crippen LogP) is 1.81. The summed E-state index contributed by atoms with van der Waals surface area (Å²) in [5.74, 6) is 1.59. The summed E-state index contributed by atoms with van der Waals surface area (Å²) >= 11 is 0. The molecule has 0 aromatic rings. The summed E-state index contributed by atoms with van der Waals surface area (Å²) in [5.41, 5.74) is 0.560. The van der Waals surface area contributed by atoms with Crippen LogP contribution in [-0.2, 0) is 10.0 Å². The molecule has 1 aliphatic carbocycles. The van der Waals surface area contributed by atoms with Crippen LogP contribution in [0.1, 0.15) is 51.9 Å².